The van der Waals surface area contributed by atoms with E-state index in [-0.39, 0.29) is 12.7 Å². The van der Waals surface area contributed by atoms with E-state index in [0.717, 1.165) is 23.5 Å². The summed E-state index contributed by atoms with van der Waals surface area (Å²) in [5, 5.41) is 3.24. The third-order valence-electron chi connectivity index (χ3n) is 3.76. The largest absolute Gasteiger partial charge is 0.454 e. The first-order chi connectivity index (χ1) is 10.1. The van der Waals surface area contributed by atoms with E-state index in [4.69, 9.17) is 9.47 Å². The predicted octanol–water partition coefficient (Wildman–Crippen LogP) is 2.15. The van der Waals surface area contributed by atoms with Gasteiger partial charge in [0.15, 0.2) is 11.5 Å². The van der Waals surface area contributed by atoms with E-state index in [0.29, 0.717) is 25.7 Å². The average Bonchev–Trinajstić information content (AvgIpc) is 2.97. The second-order valence-electron chi connectivity index (χ2n) is 5.29. The lowest BCUT2D eigenvalue weighted by Crippen LogP contribution is -2.40. The fourth-order valence-electron chi connectivity index (χ4n) is 2.15. The molecule has 1 aromatic rings. The number of rotatable bonds is 7. The average molecular weight is 292 g/mol. The third-order valence-corrected chi connectivity index (χ3v) is 3.76. The maximum atomic E-state index is 12.2. The van der Waals surface area contributed by atoms with Crippen molar-refractivity contribution in [3.63, 3.8) is 0 Å². The minimum absolute atomic E-state index is 0.121. The number of benzene rings is 1. The van der Waals surface area contributed by atoms with Crippen molar-refractivity contribution < 1.29 is 14.3 Å². The third kappa shape index (κ3) is 4.11. The van der Waals surface area contributed by atoms with Crippen LogP contribution in [0.4, 0.5) is 0 Å². The molecule has 1 atom stereocenters. The van der Waals surface area contributed by atoms with Gasteiger partial charge >= 0.3 is 0 Å². The van der Waals surface area contributed by atoms with Crippen LogP contribution in [0, 0.1) is 0 Å². The molecule has 0 aromatic heterocycles. The molecular weight excluding hydrogens is 268 g/mol. The van der Waals surface area contributed by atoms with Crippen LogP contribution in [0.2, 0.25) is 0 Å². The summed E-state index contributed by atoms with van der Waals surface area (Å²) in [4.78, 5) is 14.1. The van der Waals surface area contributed by atoms with E-state index in [9.17, 15) is 4.79 Å². The highest BCUT2D eigenvalue weighted by atomic mass is 16.7. The second kappa shape index (κ2) is 7.31. The molecule has 0 saturated carbocycles. The Balaban J connectivity index is 1.93. The molecule has 0 saturated heterocycles. The molecular formula is C16H24N2O3. The summed E-state index contributed by atoms with van der Waals surface area (Å²) in [7, 11) is 0. The Hall–Kier alpha value is -1.75. The Labute approximate surface area is 126 Å². The van der Waals surface area contributed by atoms with Gasteiger partial charge in [-0.25, -0.2) is 0 Å². The molecule has 5 nitrogen and oxygen atoms in total. The molecule has 1 amide bonds. The van der Waals surface area contributed by atoms with Crippen molar-refractivity contribution in [2.24, 2.45) is 0 Å². The summed E-state index contributed by atoms with van der Waals surface area (Å²) >= 11 is 0. The highest BCUT2D eigenvalue weighted by Gasteiger charge is 2.16. The zero-order valence-electron chi connectivity index (χ0n) is 13.0. The first-order valence-corrected chi connectivity index (χ1v) is 7.53. The van der Waals surface area contributed by atoms with Crippen molar-refractivity contribution in [2.75, 3.05) is 19.9 Å². The van der Waals surface area contributed by atoms with Crippen LogP contribution in [-0.2, 0) is 11.3 Å². The van der Waals surface area contributed by atoms with Crippen LogP contribution in [0.3, 0.4) is 0 Å². The van der Waals surface area contributed by atoms with Gasteiger partial charge in [-0.1, -0.05) is 13.0 Å². The number of nitrogens with one attached hydrogen (secondary N) is 1. The number of hydrogen-bond acceptors (Lipinski definition) is 4. The molecule has 1 unspecified atom stereocenters. The van der Waals surface area contributed by atoms with Gasteiger partial charge in [0.1, 0.15) is 0 Å². The lowest BCUT2D eigenvalue weighted by atomic mass is 10.2. The van der Waals surface area contributed by atoms with Crippen molar-refractivity contribution in [1.29, 1.82) is 0 Å². The fraction of sp³-hybridized carbons (Fsp3) is 0.562. The number of ether oxygens (including phenoxy) is 2. The van der Waals surface area contributed by atoms with Gasteiger partial charge in [0.25, 0.3) is 0 Å². The van der Waals surface area contributed by atoms with Crippen LogP contribution in [0.5, 0.6) is 11.5 Å². The normalized spacial score (nSPS) is 14.0. The molecule has 0 radical (unpaired) electrons. The Bertz CT molecular complexity index is 490. The second-order valence-corrected chi connectivity index (χ2v) is 5.29. The van der Waals surface area contributed by atoms with Crippen molar-refractivity contribution in [1.82, 2.24) is 10.2 Å². The zero-order chi connectivity index (χ0) is 15.2. The molecule has 0 bridgehead atoms. The molecule has 1 aliphatic heterocycles. The standard InChI is InChI=1S/C16H24N2O3/c1-4-12(3)17-9-16(19)18(5-2)10-13-6-7-14-15(8-13)21-11-20-14/h6-8,12,17H,4-5,9-11H2,1-3H3. The van der Waals surface area contributed by atoms with Crippen LogP contribution in [-0.4, -0.2) is 36.7 Å². The summed E-state index contributed by atoms with van der Waals surface area (Å²) in [6, 6.07) is 6.18. The summed E-state index contributed by atoms with van der Waals surface area (Å²) in [6.07, 6.45) is 1.02. The minimum Gasteiger partial charge on any atom is -0.454 e. The number of hydrogen-bond donors (Lipinski definition) is 1. The van der Waals surface area contributed by atoms with Gasteiger partial charge < -0.3 is 19.7 Å². The lowest BCUT2D eigenvalue weighted by Gasteiger charge is -2.22. The number of carbonyl (C=O) groups is 1. The molecule has 1 heterocycles. The van der Waals surface area contributed by atoms with E-state index in [2.05, 4.69) is 19.2 Å². The van der Waals surface area contributed by atoms with Gasteiger partial charge in [-0.15, -0.1) is 0 Å². The molecule has 21 heavy (non-hydrogen) atoms. The first-order valence-electron chi connectivity index (χ1n) is 7.53. The molecule has 116 valence electrons. The minimum atomic E-state index is 0.121. The molecule has 1 N–H and O–H groups in total. The van der Waals surface area contributed by atoms with Crippen molar-refractivity contribution in [3.05, 3.63) is 23.8 Å². The van der Waals surface area contributed by atoms with Crippen molar-refractivity contribution in [3.8, 4) is 11.5 Å². The fourth-order valence-corrected chi connectivity index (χ4v) is 2.15. The van der Waals surface area contributed by atoms with Crippen LogP contribution in [0.15, 0.2) is 18.2 Å². The summed E-state index contributed by atoms with van der Waals surface area (Å²) in [6.45, 7) is 8.12. The predicted molar refractivity (Wildman–Crippen MR) is 81.4 cm³/mol. The Morgan fingerprint density at radius 1 is 1.33 bits per heavy atom. The molecule has 2 rings (SSSR count). The molecule has 0 aliphatic carbocycles. The van der Waals surface area contributed by atoms with Gasteiger partial charge in [-0.2, -0.15) is 0 Å². The Morgan fingerprint density at radius 2 is 2.10 bits per heavy atom. The van der Waals surface area contributed by atoms with Gasteiger partial charge in [0.05, 0.1) is 6.54 Å². The van der Waals surface area contributed by atoms with Gasteiger partial charge in [0.2, 0.25) is 12.7 Å². The van der Waals surface area contributed by atoms with E-state index in [1.165, 1.54) is 0 Å². The monoisotopic (exact) mass is 292 g/mol. The summed E-state index contributed by atoms with van der Waals surface area (Å²) in [5.74, 6) is 1.65. The number of likely N-dealkylation sites (N-methyl/N-ethyl adjacent to an activating group) is 1. The van der Waals surface area contributed by atoms with Gasteiger partial charge in [0, 0.05) is 19.1 Å². The van der Waals surface area contributed by atoms with Crippen LogP contribution < -0.4 is 14.8 Å². The first kappa shape index (κ1) is 15.6. The number of fused-ring (bicyclic) bond motifs is 1. The molecule has 0 fully saturated rings. The molecule has 1 aromatic carbocycles. The number of carbonyl (C=O) groups excluding carboxylic acids is 1. The van der Waals surface area contributed by atoms with E-state index in [1.54, 1.807) is 0 Å². The lowest BCUT2D eigenvalue weighted by molar-refractivity contribution is -0.130. The SMILES string of the molecule is CCC(C)NCC(=O)N(CC)Cc1ccc2c(c1)OCO2. The van der Waals surface area contributed by atoms with Crippen molar-refractivity contribution >= 4 is 5.91 Å². The topological polar surface area (TPSA) is 50.8 Å². The molecule has 0 spiro atoms. The Morgan fingerprint density at radius 3 is 2.81 bits per heavy atom. The number of amides is 1. The maximum absolute atomic E-state index is 12.2. The zero-order valence-corrected chi connectivity index (χ0v) is 13.0. The molecule has 5 heteroatoms. The smallest absolute Gasteiger partial charge is 0.236 e. The molecule has 1 aliphatic rings. The van der Waals surface area contributed by atoms with Crippen LogP contribution >= 0.6 is 0 Å². The quantitative estimate of drug-likeness (QED) is 0.836. The van der Waals surface area contributed by atoms with Crippen LogP contribution in [0.1, 0.15) is 32.8 Å². The van der Waals surface area contributed by atoms with Gasteiger partial charge in [-0.05, 0) is 38.0 Å². The van der Waals surface area contributed by atoms with Crippen LogP contribution in [0.25, 0.3) is 0 Å². The van der Waals surface area contributed by atoms with Crippen molar-refractivity contribution in [2.45, 2.75) is 39.8 Å². The Kier molecular flexibility index (Phi) is 5.44. The highest BCUT2D eigenvalue weighted by molar-refractivity contribution is 5.78. The van der Waals surface area contributed by atoms with E-state index >= 15 is 0 Å². The van der Waals surface area contributed by atoms with E-state index in [1.807, 2.05) is 30.0 Å². The maximum Gasteiger partial charge on any atom is 0.236 e. The van der Waals surface area contributed by atoms with Gasteiger partial charge in [-0.3, -0.25) is 4.79 Å². The summed E-state index contributed by atoms with van der Waals surface area (Å²) in [5.41, 5.74) is 1.05. The summed E-state index contributed by atoms with van der Waals surface area (Å²) < 4.78 is 10.7. The highest BCUT2D eigenvalue weighted by Crippen LogP contribution is 2.32. The number of nitrogens with zero attached hydrogens (tertiary/aromatic N) is 1. The van der Waals surface area contributed by atoms with E-state index < -0.39 is 0 Å².